The molecule has 1 unspecified atom stereocenters. The molecule has 3 nitrogen and oxygen atoms in total. The lowest BCUT2D eigenvalue weighted by Crippen LogP contribution is -2.15. The van der Waals surface area contributed by atoms with Gasteiger partial charge in [0, 0.05) is 20.1 Å². The number of unbranched alkanes of at least 4 members (excludes halogenated alkanes) is 1. The van der Waals surface area contributed by atoms with Crippen molar-refractivity contribution in [3.63, 3.8) is 0 Å². The summed E-state index contributed by atoms with van der Waals surface area (Å²) in [5, 5.41) is 3.46. The first-order chi connectivity index (χ1) is 7.63. The summed E-state index contributed by atoms with van der Waals surface area (Å²) in [4.78, 5) is 6.38. The monoisotopic (exact) mass is 221 g/mol. The third-order valence-corrected chi connectivity index (χ3v) is 2.61. The highest BCUT2D eigenvalue weighted by atomic mass is 15.1. The van der Waals surface area contributed by atoms with Crippen LogP contribution in [0.3, 0.4) is 0 Å². The fourth-order valence-corrected chi connectivity index (χ4v) is 1.60. The number of aromatic nitrogens is 1. The van der Waals surface area contributed by atoms with E-state index in [0.29, 0.717) is 6.04 Å². The summed E-state index contributed by atoms with van der Waals surface area (Å²) in [5.41, 5.74) is 1.11. The maximum atomic E-state index is 4.37. The van der Waals surface area contributed by atoms with Crippen molar-refractivity contribution in [2.75, 3.05) is 24.3 Å². The molecule has 1 rings (SSSR count). The molecule has 0 radical (unpaired) electrons. The summed E-state index contributed by atoms with van der Waals surface area (Å²) in [6, 6.07) is 4.64. The van der Waals surface area contributed by atoms with E-state index in [9.17, 15) is 0 Å². The number of nitrogens with one attached hydrogen (secondary N) is 1. The van der Waals surface area contributed by atoms with Crippen LogP contribution in [0.1, 0.15) is 33.1 Å². The van der Waals surface area contributed by atoms with Gasteiger partial charge in [-0.1, -0.05) is 19.8 Å². The maximum Gasteiger partial charge on any atom is 0.128 e. The van der Waals surface area contributed by atoms with Crippen LogP contribution in [-0.4, -0.2) is 25.1 Å². The number of pyridine rings is 1. The van der Waals surface area contributed by atoms with Crippen molar-refractivity contribution in [3.05, 3.63) is 18.3 Å². The molecule has 0 aliphatic carbocycles. The summed E-state index contributed by atoms with van der Waals surface area (Å²) in [6.45, 7) is 4.44. The quantitative estimate of drug-likeness (QED) is 0.800. The molecule has 0 aliphatic heterocycles. The average molecular weight is 221 g/mol. The molecule has 0 bridgehead atoms. The van der Waals surface area contributed by atoms with Crippen LogP contribution in [0, 0.1) is 0 Å². The fraction of sp³-hybridized carbons (Fsp3) is 0.615. The number of hydrogen-bond donors (Lipinski definition) is 1. The van der Waals surface area contributed by atoms with E-state index < -0.39 is 0 Å². The van der Waals surface area contributed by atoms with Gasteiger partial charge in [0.2, 0.25) is 0 Å². The van der Waals surface area contributed by atoms with Crippen molar-refractivity contribution in [1.82, 2.24) is 4.98 Å². The Morgan fingerprint density at radius 2 is 2.12 bits per heavy atom. The van der Waals surface area contributed by atoms with Gasteiger partial charge in [0.25, 0.3) is 0 Å². The van der Waals surface area contributed by atoms with Crippen LogP contribution in [0.5, 0.6) is 0 Å². The first kappa shape index (κ1) is 12.8. The predicted molar refractivity (Wildman–Crippen MR) is 71.2 cm³/mol. The van der Waals surface area contributed by atoms with Gasteiger partial charge in [-0.25, -0.2) is 4.98 Å². The molecule has 1 aromatic rings. The average Bonchev–Trinajstić information content (AvgIpc) is 2.27. The Hall–Kier alpha value is -1.25. The SMILES string of the molecule is CCCCC(C)Nc1ccc(N(C)C)nc1. The van der Waals surface area contributed by atoms with Crippen molar-refractivity contribution in [3.8, 4) is 0 Å². The fourth-order valence-electron chi connectivity index (χ4n) is 1.60. The molecule has 0 aliphatic rings. The Morgan fingerprint density at radius 1 is 1.38 bits per heavy atom. The summed E-state index contributed by atoms with van der Waals surface area (Å²) >= 11 is 0. The van der Waals surface area contributed by atoms with Crippen molar-refractivity contribution < 1.29 is 0 Å². The minimum atomic E-state index is 0.520. The number of nitrogens with zero attached hydrogens (tertiary/aromatic N) is 2. The van der Waals surface area contributed by atoms with E-state index in [1.54, 1.807) is 0 Å². The molecule has 1 N–H and O–H groups in total. The normalized spacial score (nSPS) is 12.2. The zero-order chi connectivity index (χ0) is 12.0. The minimum Gasteiger partial charge on any atom is -0.381 e. The second-order valence-electron chi connectivity index (χ2n) is 4.49. The molecule has 1 atom stereocenters. The molecular formula is C13H23N3. The van der Waals surface area contributed by atoms with Gasteiger partial charge in [0.05, 0.1) is 11.9 Å². The first-order valence-electron chi connectivity index (χ1n) is 6.03. The highest BCUT2D eigenvalue weighted by Gasteiger charge is 2.02. The lowest BCUT2D eigenvalue weighted by Gasteiger charge is -2.16. The minimum absolute atomic E-state index is 0.520. The van der Waals surface area contributed by atoms with E-state index in [1.807, 2.05) is 31.3 Å². The molecule has 0 aromatic carbocycles. The number of anilines is 2. The van der Waals surface area contributed by atoms with E-state index in [1.165, 1.54) is 19.3 Å². The van der Waals surface area contributed by atoms with Crippen molar-refractivity contribution in [2.24, 2.45) is 0 Å². The Kier molecular flexibility index (Phi) is 5.09. The molecule has 1 aromatic heterocycles. The van der Waals surface area contributed by atoms with Crippen LogP contribution in [-0.2, 0) is 0 Å². The first-order valence-corrected chi connectivity index (χ1v) is 6.03. The van der Waals surface area contributed by atoms with E-state index in [0.717, 1.165) is 11.5 Å². The van der Waals surface area contributed by atoms with E-state index in [2.05, 4.69) is 30.2 Å². The van der Waals surface area contributed by atoms with Gasteiger partial charge in [-0.15, -0.1) is 0 Å². The van der Waals surface area contributed by atoms with E-state index in [4.69, 9.17) is 0 Å². The van der Waals surface area contributed by atoms with E-state index >= 15 is 0 Å². The number of hydrogen-bond acceptors (Lipinski definition) is 3. The third-order valence-electron chi connectivity index (χ3n) is 2.61. The lowest BCUT2D eigenvalue weighted by molar-refractivity contribution is 0.645. The molecule has 90 valence electrons. The standard InChI is InChI=1S/C13H23N3/c1-5-6-7-11(2)15-12-8-9-13(14-10-12)16(3)4/h8-11,15H,5-7H2,1-4H3. The molecule has 0 spiro atoms. The second-order valence-corrected chi connectivity index (χ2v) is 4.49. The van der Waals surface area contributed by atoms with Crippen molar-refractivity contribution >= 4 is 11.5 Å². The molecule has 3 heteroatoms. The molecule has 0 fully saturated rings. The second kappa shape index (κ2) is 6.36. The lowest BCUT2D eigenvalue weighted by atomic mass is 10.1. The Bertz CT molecular complexity index is 293. The van der Waals surface area contributed by atoms with E-state index in [-0.39, 0.29) is 0 Å². The summed E-state index contributed by atoms with van der Waals surface area (Å²) in [7, 11) is 4.00. The number of rotatable bonds is 6. The Balaban J connectivity index is 2.48. The summed E-state index contributed by atoms with van der Waals surface area (Å²) in [5.74, 6) is 0.992. The van der Waals surface area contributed by atoms with Gasteiger partial charge in [-0.2, -0.15) is 0 Å². The van der Waals surface area contributed by atoms with Crippen LogP contribution < -0.4 is 10.2 Å². The molecule has 0 amide bonds. The van der Waals surface area contributed by atoms with Crippen LogP contribution in [0.4, 0.5) is 11.5 Å². The van der Waals surface area contributed by atoms with Gasteiger partial charge in [-0.05, 0) is 25.5 Å². The maximum absolute atomic E-state index is 4.37. The van der Waals surface area contributed by atoms with Crippen LogP contribution in [0.2, 0.25) is 0 Å². The Labute approximate surface area is 98.9 Å². The third kappa shape index (κ3) is 4.09. The van der Waals surface area contributed by atoms with Crippen LogP contribution in [0.25, 0.3) is 0 Å². The topological polar surface area (TPSA) is 28.2 Å². The molecule has 1 heterocycles. The predicted octanol–water partition coefficient (Wildman–Crippen LogP) is 3.14. The Morgan fingerprint density at radius 3 is 2.62 bits per heavy atom. The zero-order valence-corrected chi connectivity index (χ0v) is 10.8. The summed E-state index contributed by atoms with van der Waals surface area (Å²) < 4.78 is 0. The van der Waals surface area contributed by atoms with Crippen molar-refractivity contribution in [2.45, 2.75) is 39.2 Å². The zero-order valence-electron chi connectivity index (χ0n) is 10.8. The van der Waals surface area contributed by atoms with Crippen LogP contribution in [0.15, 0.2) is 18.3 Å². The molecule has 0 saturated heterocycles. The highest BCUT2D eigenvalue weighted by molar-refractivity contribution is 5.48. The molecule has 16 heavy (non-hydrogen) atoms. The van der Waals surface area contributed by atoms with Gasteiger partial charge < -0.3 is 10.2 Å². The molecular weight excluding hydrogens is 198 g/mol. The van der Waals surface area contributed by atoms with Gasteiger partial charge in [0.1, 0.15) is 5.82 Å². The molecule has 0 saturated carbocycles. The highest BCUT2D eigenvalue weighted by Crippen LogP contribution is 2.14. The van der Waals surface area contributed by atoms with Gasteiger partial charge in [0.15, 0.2) is 0 Å². The van der Waals surface area contributed by atoms with Crippen molar-refractivity contribution in [1.29, 1.82) is 0 Å². The largest absolute Gasteiger partial charge is 0.381 e. The van der Waals surface area contributed by atoms with Gasteiger partial charge in [-0.3, -0.25) is 0 Å². The smallest absolute Gasteiger partial charge is 0.128 e. The van der Waals surface area contributed by atoms with Crippen LogP contribution >= 0.6 is 0 Å². The summed E-state index contributed by atoms with van der Waals surface area (Å²) in [6.07, 6.45) is 5.64. The van der Waals surface area contributed by atoms with Gasteiger partial charge >= 0.3 is 0 Å².